The molecule has 0 aliphatic rings. The minimum Gasteiger partial charge on any atom is -0.276 e. The second-order valence-corrected chi connectivity index (χ2v) is 5.07. The number of rotatable bonds is 2. The van der Waals surface area contributed by atoms with Crippen LogP contribution in [0.2, 0.25) is 0 Å². The minimum atomic E-state index is -0.292. The van der Waals surface area contributed by atoms with Crippen molar-refractivity contribution in [1.29, 1.82) is 0 Å². The van der Waals surface area contributed by atoms with Gasteiger partial charge in [0.25, 0.3) is 0 Å². The quantitative estimate of drug-likeness (QED) is 0.717. The van der Waals surface area contributed by atoms with Gasteiger partial charge in [0.1, 0.15) is 17.3 Å². The summed E-state index contributed by atoms with van der Waals surface area (Å²) < 4.78 is 26.6. The first-order chi connectivity index (χ1) is 9.65. The molecule has 100 valence electrons. The molecule has 0 unspecified atom stereocenters. The number of nitrogens with zero attached hydrogens (tertiary/aromatic N) is 1. The molecule has 0 fully saturated rings. The summed E-state index contributed by atoms with van der Waals surface area (Å²) in [6.07, 6.45) is 0. The van der Waals surface area contributed by atoms with Crippen LogP contribution in [-0.2, 0) is 0 Å². The molecule has 0 aliphatic heterocycles. The predicted molar refractivity (Wildman–Crippen MR) is 77.1 cm³/mol. The van der Waals surface area contributed by atoms with Crippen molar-refractivity contribution in [1.82, 2.24) is 10.2 Å². The lowest BCUT2D eigenvalue weighted by atomic mass is 10.1. The van der Waals surface area contributed by atoms with Crippen molar-refractivity contribution in [3.05, 3.63) is 64.6 Å². The van der Waals surface area contributed by atoms with Crippen molar-refractivity contribution >= 4 is 15.9 Å². The smallest absolute Gasteiger partial charge is 0.123 e. The maximum absolute atomic E-state index is 12.9. The monoisotopic (exact) mass is 334 g/mol. The Morgan fingerprint density at radius 1 is 0.800 bits per heavy atom. The molecule has 1 aromatic heterocycles. The zero-order valence-corrected chi connectivity index (χ0v) is 11.8. The number of H-pyrrole nitrogens is 1. The molecule has 1 heterocycles. The zero-order valence-electron chi connectivity index (χ0n) is 10.2. The Kier molecular flexibility index (Phi) is 3.36. The van der Waals surface area contributed by atoms with E-state index in [0.717, 1.165) is 21.3 Å². The molecule has 0 spiro atoms. The Hall–Kier alpha value is -2.01. The van der Waals surface area contributed by atoms with Crippen molar-refractivity contribution in [3.63, 3.8) is 0 Å². The van der Waals surface area contributed by atoms with E-state index >= 15 is 0 Å². The van der Waals surface area contributed by atoms with E-state index in [0.29, 0.717) is 5.69 Å². The van der Waals surface area contributed by atoms with Crippen molar-refractivity contribution in [2.75, 3.05) is 0 Å². The SMILES string of the molecule is Fc1ccc(-c2n[nH]c(-c3ccc(F)cc3)c2Br)cc1. The zero-order chi connectivity index (χ0) is 14.1. The molecule has 0 radical (unpaired) electrons. The second-order valence-electron chi connectivity index (χ2n) is 4.27. The normalized spacial score (nSPS) is 10.8. The number of benzene rings is 2. The number of aromatic amines is 1. The van der Waals surface area contributed by atoms with Gasteiger partial charge in [-0.2, -0.15) is 5.10 Å². The van der Waals surface area contributed by atoms with Crippen LogP contribution in [0.15, 0.2) is 53.0 Å². The Morgan fingerprint density at radius 2 is 1.30 bits per heavy atom. The van der Waals surface area contributed by atoms with E-state index in [1.165, 1.54) is 24.3 Å². The number of aromatic nitrogens is 2. The van der Waals surface area contributed by atoms with E-state index in [4.69, 9.17) is 0 Å². The highest BCUT2D eigenvalue weighted by molar-refractivity contribution is 9.10. The van der Waals surface area contributed by atoms with Gasteiger partial charge in [-0.3, -0.25) is 5.10 Å². The molecule has 1 N–H and O–H groups in total. The standard InChI is InChI=1S/C15H9BrF2N2/c16-13-14(9-1-5-11(17)6-2-9)19-20-15(13)10-3-7-12(18)8-4-10/h1-8H,(H,19,20). The summed E-state index contributed by atoms with van der Waals surface area (Å²) in [7, 11) is 0. The molecule has 0 saturated carbocycles. The van der Waals surface area contributed by atoms with Crippen molar-refractivity contribution in [2.24, 2.45) is 0 Å². The first-order valence-corrected chi connectivity index (χ1v) is 6.70. The van der Waals surface area contributed by atoms with E-state index in [2.05, 4.69) is 26.1 Å². The highest BCUT2D eigenvalue weighted by Gasteiger charge is 2.14. The van der Waals surface area contributed by atoms with Gasteiger partial charge in [-0.1, -0.05) is 0 Å². The van der Waals surface area contributed by atoms with Crippen LogP contribution in [-0.4, -0.2) is 10.2 Å². The fourth-order valence-electron chi connectivity index (χ4n) is 1.94. The highest BCUT2D eigenvalue weighted by atomic mass is 79.9. The van der Waals surface area contributed by atoms with E-state index in [1.54, 1.807) is 24.3 Å². The molecule has 3 rings (SSSR count). The molecule has 2 aromatic carbocycles. The fraction of sp³-hybridized carbons (Fsp3) is 0. The van der Waals surface area contributed by atoms with Crippen LogP contribution in [0, 0.1) is 11.6 Å². The van der Waals surface area contributed by atoms with Gasteiger partial charge < -0.3 is 0 Å². The van der Waals surface area contributed by atoms with Gasteiger partial charge in [0.15, 0.2) is 0 Å². The summed E-state index contributed by atoms with van der Waals surface area (Å²) in [5, 5.41) is 7.14. The third-order valence-corrected chi connectivity index (χ3v) is 3.73. The molecule has 3 aromatic rings. The molecule has 0 bridgehead atoms. The highest BCUT2D eigenvalue weighted by Crippen LogP contribution is 2.34. The summed E-state index contributed by atoms with van der Waals surface area (Å²) in [4.78, 5) is 0. The van der Waals surface area contributed by atoms with E-state index in [9.17, 15) is 8.78 Å². The third kappa shape index (κ3) is 2.36. The predicted octanol–water partition coefficient (Wildman–Crippen LogP) is 4.78. The largest absolute Gasteiger partial charge is 0.276 e. The number of nitrogens with one attached hydrogen (secondary N) is 1. The fourth-order valence-corrected chi connectivity index (χ4v) is 2.57. The second kappa shape index (κ2) is 5.17. The molecule has 20 heavy (non-hydrogen) atoms. The molecule has 5 heteroatoms. The molecule has 2 nitrogen and oxygen atoms in total. The van der Waals surface area contributed by atoms with Crippen molar-refractivity contribution in [3.8, 4) is 22.5 Å². The Bertz CT molecular complexity index is 671. The topological polar surface area (TPSA) is 28.7 Å². The van der Waals surface area contributed by atoms with Gasteiger partial charge in [-0.15, -0.1) is 0 Å². The summed E-state index contributed by atoms with van der Waals surface area (Å²) >= 11 is 3.48. The van der Waals surface area contributed by atoms with Crippen LogP contribution in [0.25, 0.3) is 22.5 Å². The Balaban J connectivity index is 2.04. The van der Waals surface area contributed by atoms with Crippen LogP contribution >= 0.6 is 15.9 Å². The Labute approximate surface area is 122 Å². The maximum Gasteiger partial charge on any atom is 0.123 e. The van der Waals surface area contributed by atoms with Gasteiger partial charge in [0, 0.05) is 11.1 Å². The molecule has 0 atom stereocenters. The average molecular weight is 335 g/mol. The van der Waals surface area contributed by atoms with Crippen LogP contribution in [0.1, 0.15) is 0 Å². The lowest BCUT2D eigenvalue weighted by Crippen LogP contribution is -1.80. The number of halogens is 3. The lowest BCUT2D eigenvalue weighted by molar-refractivity contribution is 0.627. The first kappa shape index (κ1) is 13.0. The number of hydrogen-bond acceptors (Lipinski definition) is 1. The van der Waals surface area contributed by atoms with Crippen molar-refractivity contribution in [2.45, 2.75) is 0 Å². The molecular formula is C15H9BrF2N2. The summed E-state index contributed by atoms with van der Waals surface area (Å²) in [6, 6.07) is 12.2. The molecule has 0 amide bonds. The summed E-state index contributed by atoms with van der Waals surface area (Å²) in [6.45, 7) is 0. The van der Waals surface area contributed by atoms with Gasteiger partial charge in [0.05, 0.1) is 10.2 Å². The first-order valence-electron chi connectivity index (χ1n) is 5.91. The van der Waals surface area contributed by atoms with Crippen LogP contribution < -0.4 is 0 Å². The van der Waals surface area contributed by atoms with Gasteiger partial charge in [0.2, 0.25) is 0 Å². The lowest BCUT2D eigenvalue weighted by Gasteiger charge is -2.00. The third-order valence-electron chi connectivity index (χ3n) is 2.96. The molecular weight excluding hydrogens is 326 g/mol. The molecule has 0 saturated heterocycles. The maximum atomic E-state index is 12.9. The molecule has 0 aliphatic carbocycles. The summed E-state index contributed by atoms with van der Waals surface area (Å²) in [5.74, 6) is -0.581. The number of hydrogen-bond donors (Lipinski definition) is 1. The van der Waals surface area contributed by atoms with Crippen molar-refractivity contribution < 1.29 is 8.78 Å². The van der Waals surface area contributed by atoms with Gasteiger partial charge in [-0.25, -0.2) is 8.78 Å². The van der Waals surface area contributed by atoms with Crippen LogP contribution in [0.4, 0.5) is 8.78 Å². The van der Waals surface area contributed by atoms with E-state index in [-0.39, 0.29) is 11.6 Å². The average Bonchev–Trinajstić information content (AvgIpc) is 2.83. The van der Waals surface area contributed by atoms with Gasteiger partial charge in [-0.05, 0) is 64.5 Å². The Morgan fingerprint density at radius 3 is 1.85 bits per heavy atom. The minimum absolute atomic E-state index is 0.289. The summed E-state index contributed by atoms with van der Waals surface area (Å²) in [5.41, 5.74) is 3.05. The van der Waals surface area contributed by atoms with E-state index in [1.807, 2.05) is 0 Å². The van der Waals surface area contributed by atoms with E-state index < -0.39 is 0 Å². The van der Waals surface area contributed by atoms with Gasteiger partial charge >= 0.3 is 0 Å². The van der Waals surface area contributed by atoms with Crippen LogP contribution in [0.5, 0.6) is 0 Å². The van der Waals surface area contributed by atoms with Crippen LogP contribution in [0.3, 0.4) is 0 Å².